The molecular formula is C56H102O6. The van der Waals surface area contributed by atoms with E-state index in [-0.39, 0.29) is 31.1 Å². The van der Waals surface area contributed by atoms with E-state index < -0.39 is 6.10 Å². The summed E-state index contributed by atoms with van der Waals surface area (Å²) in [6.45, 7) is 6.54. The van der Waals surface area contributed by atoms with Crippen LogP contribution in [0.1, 0.15) is 284 Å². The number of rotatable bonds is 49. The van der Waals surface area contributed by atoms with Gasteiger partial charge in [-0.2, -0.15) is 0 Å². The van der Waals surface area contributed by atoms with Gasteiger partial charge in [0.1, 0.15) is 13.2 Å². The van der Waals surface area contributed by atoms with Gasteiger partial charge in [0.05, 0.1) is 0 Å². The number of carbonyl (C=O) groups excluding carboxylic acids is 3. The summed E-state index contributed by atoms with van der Waals surface area (Å²) in [4.78, 5) is 37.5. The predicted octanol–water partition coefficient (Wildman–Crippen LogP) is 17.7. The Hall–Kier alpha value is -2.37. The highest BCUT2D eigenvalue weighted by Crippen LogP contribution is 2.16. The van der Waals surface area contributed by atoms with Gasteiger partial charge in [0.25, 0.3) is 0 Å². The minimum Gasteiger partial charge on any atom is -0.462 e. The summed E-state index contributed by atoms with van der Waals surface area (Å²) < 4.78 is 16.6. The summed E-state index contributed by atoms with van der Waals surface area (Å²) in [5.74, 6) is -0.878. The Labute approximate surface area is 385 Å². The Morgan fingerprint density at radius 1 is 0.323 bits per heavy atom. The van der Waals surface area contributed by atoms with Crippen molar-refractivity contribution >= 4 is 17.9 Å². The van der Waals surface area contributed by atoms with Gasteiger partial charge in [0.2, 0.25) is 0 Å². The highest BCUT2D eigenvalue weighted by molar-refractivity contribution is 5.71. The van der Waals surface area contributed by atoms with Gasteiger partial charge >= 0.3 is 17.9 Å². The van der Waals surface area contributed by atoms with Gasteiger partial charge in [0.15, 0.2) is 6.10 Å². The fraction of sp³-hybridized carbons (Fsp3) is 0.839. The molecule has 362 valence electrons. The van der Waals surface area contributed by atoms with Crippen LogP contribution in [-0.2, 0) is 28.6 Å². The Bertz CT molecular complexity index is 1050. The van der Waals surface area contributed by atoms with E-state index in [1.54, 1.807) is 0 Å². The molecule has 6 heteroatoms. The van der Waals surface area contributed by atoms with Gasteiger partial charge in [-0.25, -0.2) is 0 Å². The molecule has 62 heavy (non-hydrogen) atoms. The van der Waals surface area contributed by atoms with E-state index in [0.29, 0.717) is 19.3 Å². The van der Waals surface area contributed by atoms with Crippen molar-refractivity contribution in [2.24, 2.45) is 0 Å². The first-order valence-corrected chi connectivity index (χ1v) is 27.0. The van der Waals surface area contributed by atoms with Crippen molar-refractivity contribution in [2.45, 2.75) is 290 Å². The van der Waals surface area contributed by atoms with E-state index in [2.05, 4.69) is 57.2 Å². The van der Waals surface area contributed by atoms with Crippen molar-refractivity contribution in [3.8, 4) is 0 Å². The molecule has 0 aliphatic carbocycles. The average molecular weight is 871 g/mol. The summed E-state index contributed by atoms with van der Waals surface area (Å²) in [5.41, 5.74) is 0. The number of hydrogen-bond acceptors (Lipinski definition) is 6. The fourth-order valence-electron chi connectivity index (χ4n) is 7.80. The lowest BCUT2D eigenvalue weighted by Crippen LogP contribution is -2.30. The standard InChI is InChI=1S/C56H102O6/c1-4-7-10-13-16-17-18-19-20-21-22-23-24-25-26-27-28-29-30-31-32-33-34-35-36-37-38-39-41-43-46-49-55(58)61-52-53(51-60-54(57)48-45-42-15-12-9-6-3)62-56(59)50-47-44-40-14-11-8-5-2/h18-19,21-22,24-25,53H,4-17,20,23,26-52H2,1-3H3/b19-18-,22-21-,25-24-. The molecule has 0 radical (unpaired) electrons. The molecule has 6 nitrogen and oxygen atoms in total. The van der Waals surface area contributed by atoms with E-state index in [1.165, 1.54) is 173 Å². The first-order chi connectivity index (χ1) is 30.5. The topological polar surface area (TPSA) is 78.9 Å². The van der Waals surface area contributed by atoms with Crippen molar-refractivity contribution < 1.29 is 28.6 Å². The smallest absolute Gasteiger partial charge is 0.306 e. The first kappa shape index (κ1) is 59.6. The zero-order chi connectivity index (χ0) is 45.1. The van der Waals surface area contributed by atoms with E-state index in [9.17, 15) is 14.4 Å². The number of esters is 3. The maximum Gasteiger partial charge on any atom is 0.306 e. The zero-order valence-corrected chi connectivity index (χ0v) is 41.4. The molecule has 0 bridgehead atoms. The van der Waals surface area contributed by atoms with E-state index in [0.717, 1.165) is 70.6 Å². The van der Waals surface area contributed by atoms with Gasteiger partial charge in [-0.15, -0.1) is 0 Å². The Morgan fingerprint density at radius 2 is 0.581 bits per heavy atom. The highest BCUT2D eigenvalue weighted by Gasteiger charge is 2.19. The summed E-state index contributed by atoms with van der Waals surface area (Å²) >= 11 is 0. The summed E-state index contributed by atoms with van der Waals surface area (Å²) in [6.07, 6.45) is 60.6. The molecule has 1 atom stereocenters. The molecule has 0 aromatic rings. The first-order valence-electron chi connectivity index (χ1n) is 27.0. The largest absolute Gasteiger partial charge is 0.462 e. The van der Waals surface area contributed by atoms with Crippen LogP contribution in [0.4, 0.5) is 0 Å². The minimum atomic E-state index is -0.761. The molecule has 0 aromatic heterocycles. The predicted molar refractivity (Wildman–Crippen MR) is 266 cm³/mol. The molecule has 0 N–H and O–H groups in total. The third-order valence-electron chi connectivity index (χ3n) is 11.9. The molecule has 0 spiro atoms. The number of hydrogen-bond donors (Lipinski definition) is 0. The molecule has 0 saturated carbocycles. The molecule has 0 aliphatic rings. The van der Waals surface area contributed by atoms with Crippen LogP contribution in [0, 0.1) is 0 Å². The second kappa shape index (κ2) is 51.3. The summed E-state index contributed by atoms with van der Waals surface area (Å²) in [7, 11) is 0. The van der Waals surface area contributed by atoms with Gasteiger partial charge in [-0.3, -0.25) is 14.4 Å². The van der Waals surface area contributed by atoms with Gasteiger partial charge in [0, 0.05) is 19.3 Å². The van der Waals surface area contributed by atoms with Gasteiger partial charge in [-0.05, 0) is 57.8 Å². The quantitative estimate of drug-likeness (QED) is 0.0262. The van der Waals surface area contributed by atoms with Crippen LogP contribution < -0.4 is 0 Å². The van der Waals surface area contributed by atoms with Crippen LogP contribution in [0.25, 0.3) is 0 Å². The van der Waals surface area contributed by atoms with Crippen LogP contribution in [0.15, 0.2) is 36.5 Å². The summed E-state index contributed by atoms with van der Waals surface area (Å²) in [6, 6.07) is 0. The maximum atomic E-state index is 12.6. The number of ether oxygens (including phenoxy) is 3. The van der Waals surface area contributed by atoms with Crippen LogP contribution in [-0.4, -0.2) is 37.2 Å². The molecule has 0 aliphatic heterocycles. The van der Waals surface area contributed by atoms with Crippen molar-refractivity contribution in [3.05, 3.63) is 36.5 Å². The van der Waals surface area contributed by atoms with Crippen LogP contribution in [0.5, 0.6) is 0 Å². The Balaban J connectivity index is 3.85. The van der Waals surface area contributed by atoms with Crippen molar-refractivity contribution in [3.63, 3.8) is 0 Å². The number of unbranched alkanes of at least 4 members (excludes halogenated alkanes) is 32. The monoisotopic (exact) mass is 871 g/mol. The van der Waals surface area contributed by atoms with Gasteiger partial charge in [-0.1, -0.05) is 243 Å². The molecule has 0 amide bonds. The third-order valence-corrected chi connectivity index (χ3v) is 11.9. The van der Waals surface area contributed by atoms with Crippen LogP contribution in [0.2, 0.25) is 0 Å². The van der Waals surface area contributed by atoms with E-state index in [4.69, 9.17) is 14.2 Å². The van der Waals surface area contributed by atoms with E-state index >= 15 is 0 Å². The van der Waals surface area contributed by atoms with Crippen LogP contribution >= 0.6 is 0 Å². The maximum absolute atomic E-state index is 12.6. The lowest BCUT2D eigenvalue weighted by Gasteiger charge is -2.18. The molecular weight excluding hydrogens is 769 g/mol. The van der Waals surface area contributed by atoms with Crippen LogP contribution in [0.3, 0.4) is 0 Å². The molecule has 1 unspecified atom stereocenters. The van der Waals surface area contributed by atoms with Gasteiger partial charge < -0.3 is 14.2 Å². The Kier molecular flexibility index (Phi) is 49.3. The second-order valence-electron chi connectivity index (χ2n) is 18.2. The Morgan fingerprint density at radius 3 is 0.903 bits per heavy atom. The third kappa shape index (κ3) is 48.7. The minimum absolute atomic E-state index is 0.0687. The normalized spacial score (nSPS) is 12.2. The lowest BCUT2D eigenvalue weighted by molar-refractivity contribution is -0.167. The number of allylic oxidation sites excluding steroid dienone is 6. The zero-order valence-electron chi connectivity index (χ0n) is 41.4. The van der Waals surface area contributed by atoms with Crippen molar-refractivity contribution in [2.75, 3.05) is 13.2 Å². The van der Waals surface area contributed by atoms with E-state index in [1.807, 2.05) is 0 Å². The SMILES string of the molecule is CCCCCCC/C=C\C/C=C\C/C=C\CCCCCCCCCCCCCCCCCCC(=O)OCC(COC(=O)CCCCCCCC)OC(=O)CCCCCCCCC. The lowest BCUT2D eigenvalue weighted by atomic mass is 10.0. The molecule has 0 rings (SSSR count). The highest BCUT2D eigenvalue weighted by atomic mass is 16.6. The van der Waals surface area contributed by atoms with Crippen molar-refractivity contribution in [1.29, 1.82) is 0 Å². The molecule has 0 saturated heterocycles. The fourth-order valence-corrected chi connectivity index (χ4v) is 7.80. The second-order valence-corrected chi connectivity index (χ2v) is 18.2. The molecule has 0 fully saturated rings. The van der Waals surface area contributed by atoms with Crippen molar-refractivity contribution in [1.82, 2.24) is 0 Å². The summed E-state index contributed by atoms with van der Waals surface area (Å²) in [5, 5.41) is 0. The average Bonchev–Trinajstić information content (AvgIpc) is 3.27. The number of carbonyl (C=O) groups is 3. The molecule has 0 aromatic carbocycles. The molecule has 0 heterocycles.